The molecule has 0 aromatic carbocycles. The van der Waals surface area contributed by atoms with Gasteiger partial charge in [-0.05, 0) is 44.2 Å². The molecule has 0 amide bonds. The molecule has 1 aliphatic carbocycles. The first kappa shape index (κ1) is 11.7. The monoisotopic (exact) mass is 221 g/mol. The Morgan fingerprint density at radius 1 is 1.56 bits per heavy atom. The molecule has 1 heterocycles. The van der Waals surface area contributed by atoms with Gasteiger partial charge in [0.2, 0.25) is 0 Å². The van der Waals surface area contributed by atoms with E-state index in [0.29, 0.717) is 6.04 Å². The molecule has 2 rings (SSSR count). The minimum atomic E-state index is 0.608. The zero-order valence-electron chi connectivity index (χ0n) is 10.4. The van der Waals surface area contributed by atoms with Gasteiger partial charge in [-0.15, -0.1) is 0 Å². The standard InChI is InChI=1S/C14H23NO/c1-3-5-12-10-14(12)15-11(2)7-8-13-6-4-9-16-13/h4,6,9,11-12,14-15H,3,5,7-8,10H2,1-2H3. The van der Waals surface area contributed by atoms with E-state index in [9.17, 15) is 0 Å². The largest absolute Gasteiger partial charge is 0.469 e. The normalized spacial score (nSPS) is 25.6. The Bertz CT molecular complexity index is 294. The fourth-order valence-electron chi connectivity index (χ4n) is 2.40. The maximum absolute atomic E-state index is 5.34. The van der Waals surface area contributed by atoms with Crippen LogP contribution in [0.25, 0.3) is 0 Å². The van der Waals surface area contributed by atoms with Crippen LogP contribution in [0.5, 0.6) is 0 Å². The molecule has 1 aliphatic rings. The predicted octanol–water partition coefficient (Wildman–Crippen LogP) is 3.38. The van der Waals surface area contributed by atoms with Crippen LogP contribution < -0.4 is 5.32 Å². The summed E-state index contributed by atoms with van der Waals surface area (Å²) in [7, 11) is 0. The van der Waals surface area contributed by atoms with Gasteiger partial charge in [-0.2, -0.15) is 0 Å². The summed E-state index contributed by atoms with van der Waals surface area (Å²) in [6, 6.07) is 5.43. The van der Waals surface area contributed by atoms with Crippen LogP contribution in [-0.2, 0) is 6.42 Å². The Labute approximate surface area is 98.4 Å². The lowest BCUT2D eigenvalue weighted by Crippen LogP contribution is -2.29. The Morgan fingerprint density at radius 2 is 2.44 bits per heavy atom. The van der Waals surface area contributed by atoms with Gasteiger partial charge in [-0.3, -0.25) is 0 Å². The van der Waals surface area contributed by atoms with Gasteiger partial charge < -0.3 is 9.73 Å². The zero-order valence-corrected chi connectivity index (χ0v) is 10.4. The summed E-state index contributed by atoms with van der Waals surface area (Å²) < 4.78 is 5.34. The van der Waals surface area contributed by atoms with Crippen molar-refractivity contribution in [1.29, 1.82) is 0 Å². The number of rotatable bonds is 7. The van der Waals surface area contributed by atoms with Crippen molar-refractivity contribution in [2.45, 2.75) is 58.0 Å². The summed E-state index contributed by atoms with van der Waals surface area (Å²) in [5.74, 6) is 2.06. The fourth-order valence-corrected chi connectivity index (χ4v) is 2.40. The summed E-state index contributed by atoms with van der Waals surface area (Å²) in [5.41, 5.74) is 0. The van der Waals surface area contributed by atoms with Crippen LogP contribution in [0.15, 0.2) is 22.8 Å². The summed E-state index contributed by atoms with van der Waals surface area (Å²) in [5, 5.41) is 3.71. The van der Waals surface area contributed by atoms with Gasteiger partial charge in [-0.25, -0.2) is 0 Å². The summed E-state index contributed by atoms with van der Waals surface area (Å²) >= 11 is 0. The first-order chi connectivity index (χ1) is 7.79. The topological polar surface area (TPSA) is 25.2 Å². The molecule has 16 heavy (non-hydrogen) atoms. The lowest BCUT2D eigenvalue weighted by molar-refractivity contribution is 0.449. The smallest absolute Gasteiger partial charge is 0.103 e. The quantitative estimate of drug-likeness (QED) is 0.763. The van der Waals surface area contributed by atoms with Crippen molar-refractivity contribution in [3.8, 4) is 0 Å². The van der Waals surface area contributed by atoms with Gasteiger partial charge in [0.15, 0.2) is 0 Å². The van der Waals surface area contributed by atoms with E-state index in [0.717, 1.165) is 24.1 Å². The average molecular weight is 221 g/mol. The molecule has 3 unspecified atom stereocenters. The molecule has 0 bridgehead atoms. The van der Waals surface area contributed by atoms with Crippen LogP contribution in [0.3, 0.4) is 0 Å². The summed E-state index contributed by atoms with van der Waals surface area (Å²) in [4.78, 5) is 0. The van der Waals surface area contributed by atoms with E-state index in [1.54, 1.807) is 6.26 Å². The third kappa shape index (κ3) is 3.38. The van der Waals surface area contributed by atoms with Gasteiger partial charge in [-0.1, -0.05) is 13.3 Å². The molecule has 1 fully saturated rings. The van der Waals surface area contributed by atoms with Crippen molar-refractivity contribution in [1.82, 2.24) is 5.32 Å². The van der Waals surface area contributed by atoms with E-state index in [1.165, 1.54) is 25.7 Å². The average Bonchev–Trinajstić information content (AvgIpc) is 2.82. The zero-order chi connectivity index (χ0) is 11.4. The molecule has 1 saturated carbocycles. The van der Waals surface area contributed by atoms with E-state index in [2.05, 4.69) is 25.2 Å². The molecule has 1 N–H and O–H groups in total. The first-order valence-electron chi connectivity index (χ1n) is 6.58. The SMILES string of the molecule is CCCC1CC1NC(C)CCc1ccco1. The number of hydrogen-bond acceptors (Lipinski definition) is 2. The number of aryl methyl sites for hydroxylation is 1. The molecule has 90 valence electrons. The van der Waals surface area contributed by atoms with Crippen LogP contribution >= 0.6 is 0 Å². The number of nitrogens with one attached hydrogen (secondary N) is 1. The molecule has 3 atom stereocenters. The molecule has 0 saturated heterocycles. The van der Waals surface area contributed by atoms with Crippen LogP contribution in [0.2, 0.25) is 0 Å². The molecular weight excluding hydrogens is 198 g/mol. The minimum Gasteiger partial charge on any atom is -0.469 e. The van der Waals surface area contributed by atoms with Crippen molar-refractivity contribution < 1.29 is 4.42 Å². The molecule has 1 aromatic heterocycles. The maximum Gasteiger partial charge on any atom is 0.103 e. The highest BCUT2D eigenvalue weighted by atomic mass is 16.3. The molecule has 0 radical (unpaired) electrons. The van der Waals surface area contributed by atoms with Gasteiger partial charge >= 0.3 is 0 Å². The van der Waals surface area contributed by atoms with Gasteiger partial charge in [0.05, 0.1) is 6.26 Å². The molecule has 0 aliphatic heterocycles. The second kappa shape index (κ2) is 5.53. The van der Waals surface area contributed by atoms with Crippen LogP contribution in [0.4, 0.5) is 0 Å². The van der Waals surface area contributed by atoms with E-state index < -0.39 is 0 Å². The van der Waals surface area contributed by atoms with Gasteiger partial charge in [0.1, 0.15) is 5.76 Å². The third-order valence-corrected chi connectivity index (χ3v) is 3.48. The Hall–Kier alpha value is -0.760. The number of hydrogen-bond donors (Lipinski definition) is 1. The van der Waals surface area contributed by atoms with Gasteiger partial charge in [0.25, 0.3) is 0 Å². The Morgan fingerprint density at radius 3 is 3.12 bits per heavy atom. The van der Waals surface area contributed by atoms with Crippen molar-refractivity contribution in [2.75, 3.05) is 0 Å². The van der Waals surface area contributed by atoms with Crippen molar-refractivity contribution in [3.05, 3.63) is 24.2 Å². The second-order valence-corrected chi connectivity index (χ2v) is 5.08. The van der Waals surface area contributed by atoms with Crippen LogP contribution in [0.1, 0.15) is 45.3 Å². The van der Waals surface area contributed by atoms with Crippen molar-refractivity contribution in [2.24, 2.45) is 5.92 Å². The first-order valence-corrected chi connectivity index (χ1v) is 6.58. The van der Waals surface area contributed by atoms with E-state index in [1.807, 2.05) is 6.07 Å². The summed E-state index contributed by atoms with van der Waals surface area (Å²) in [6.07, 6.45) is 8.08. The van der Waals surface area contributed by atoms with E-state index in [4.69, 9.17) is 4.42 Å². The fraction of sp³-hybridized carbons (Fsp3) is 0.714. The lowest BCUT2D eigenvalue weighted by Gasteiger charge is -2.12. The molecular formula is C14H23NO. The van der Waals surface area contributed by atoms with E-state index in [-0.39, 0.29) is 0 Å². The highest BCUT2D eigenvalue weighted by Crippen LogP contribution is 2.35. The molecule has 0 spiro atoms. The Kier molecular flexibility index (Phi) is 4.05. The minimum absolute atomic E-state index is 0.608. The summed E-state index contributed by atoms with van der Waals surface area (Å²) in [6.45, 7) is 4.56. The lowest BCUT2D eigenvalue weighted by atomic mass is 10.1. The molecule has 2 heteroatoms. The number of furan rings is 1. The van der Waals surface area contributed by atoms with Crippen molar-refractivity contribution >= 4 is 0 Å². The highest BCUT2D eigenvalue weighted by Gasteiger charge is 2.36. The second-order valence-electron chi connectivity index (χ2n) is 5.08. The Balaban J connectivity index is 1.60. The van der Waals surface area contributed by atoms with Crippen LogP contribution in [-0.4, -0.2) is 12.1 Å². The van der Waals surface area contributed by atoms with Crippen molar-refractivity contribution in [3.63, 3.8) is 0 Å². The molecule has 2 nitrogen and oxygen atoms in total. The van der Waals surface area contributed by atoms with Gasteiger partial charge in [0, 0.05) is 18.5 Å². The van der Waals surface area contributed by atoms with E-state index >= 15 is 0 Å². The molecule has 1 aromatic rings. The highest BCUT2D eigenvalue weighted by molar-refractivity contribution is 4.99. The van der Waals surface area contributed by atoms with Crippen LogP contribution in [0, 0.1) is 5.92 Å². The maximum atomic E-state index is 5.34. The third-order valence-electron chi connectivity index (χ3n) is 3.48. The predicted molar refractivity (Wildman–Crippen MR) is 66.4 cm³/mol.